The Morgan fingerprint density at radius 3 is 1.53 bits per heavy atom. The van der Waals surface area contributed by atoms with Gasteiger partial charge in [0.05, 0.1) is 26.2 Å². The molecule has 0 aliphatic carbocycles. The Hall–Kier alpha value is -1.26. The lowest BCUT2D eigenvalue weighted by atomic mass is 10.1. The van der Waals surface area contributed by atoms with Crippen LogP contribution in [0.4, 0.5) is 0 Å². The first-order valence-corrected chi connectivity index (χ1v) is 23.9. The number of nitrogens with one attached hydrogen (secondary N) is 2. The van der Waals surface area contributed by atoms with E-state index in [0.717, 1.165) is 19.5 Å². The van der Waals surface area contributed by atoms with Crippen LogP contribution in [-0.4, -0.2) is 69.3 Å². The van der Waals surface area contributed by atoms with Crippen molar-refractivity contribution in [3.8, 4) is 0 Å². The van der Waals surface area contributed by atoms with Gasteiger partial charge in [0, 0.05) is 25.9 Å². The Morgan fingerprint density at radius 2 is 1.11 bits per heavy atom. The van der Waals surface area contributed by atoms with Crippen LogP contribution in [0.15, 0.2) is 24.3 Å². The number of carbonyl (C=O) groups excluding carboxylic acids is 1. The van der Waals surface area contributed by atoms with Crippen LogP contribution in [0, 0.1) is 0 Å². The minimum Gasteiger partial charge on any atom is -0.726 e. The summed E-state index contributed by atoms with van der Waals surface area (Å²) < 4.78 is 32.0. The van der Waals surface area contributed by atoms with Crippen LogP contribution in [0.2, 0.25) is 0 Å². The summed E-state index contributed by atoms with van der Waals surface area (Å²) in [5, 5.41) is 3.23. The van der Waals surface area contributed by atoms with Gasteiger partial charge in [0.25, 0.3) is 0 Å². The molecule has 53 heavy (non-hydrogen) atoms. The molecule has 1 rings (SSSR count). The maximum absolute atomic E-state index is 12.4. The molecular weight excluding hydrogens is 683 g/mol. The first kappa shape index (κ1) is 51.7. The van der Waals surface area contributed by atoms with E-state index in [-0.39, 0.29) is 12.5 Å². The Bertz CT molecular complexity index is 959. The third-order valence-corrected chi connectivity index (χ3v) is 11.0. The summed E-state index contributed by atoms with van der Waals surface area (Å²) in [4.78, 5) is 16.8. The zero-order chi connectivity index (χ0) is 39.1. The highest BCUT2D eigenvalue weighted by Crippen LogP contribution is 2.13. The molecule has 8 nitrogen and oxygen atoms in total. The van der Waals surface area contributed by atoms with Crippen LogP contribution in [0.5, 0.6) is 0 Å². The summed E-state index contributed by atoms with van der Waals surface area (Å²) in [6, 6.07) is 0. The van der Waals surface area contributed by atoms with Crippen molar-refractivity contribution in [1.29, 1.82) is 0 Å². The molecule has 0 saturated carbocycles. The van der Waals surface area contributed by atoms with Gasteiger partial charge in [-0.3, -0.25) is 8.98 Å². The number of likely N-dealkylation sites (N-methyl/N-ethyl adjacent to an activating group) is 1. The molecule has 1 aliphatic rings. The lowest BCUT2D eigenvalue weighted by molar-refractivity contribution is -0.916. The fourth-order valence-electron chi connectivity index (χ4n) is 7.27. The minimum atomic E-state index is -4.42. The molecular formula is C44H87N3O5S. The predicted octanol–water partition coefficient (Wildman–Crippen LogP) is 10.2. The topological polar surface area (TPSA) is 103 Å². The lowest BCUT2D eigenvalue weighted by Crippen LogP contribution is -3.14. The van der Waals surface area contributed by atoms with Crippen LogP contribution in [-0.2, 0) is 19.4 Å². The predicted molar refractivity (Wildman–Crippen MR) is 225 cm³/mol. The largest absolute Gasteiger partial charge is 0.726 e. The Kier molecular flexibility index (Phi) is 38.1. The Morgan fingerprint density at radius 1 is 0.679 bits per heavy atom. The van der Waals surface area contributed by atoms with Crippen molar-refractivity contribution in [3.05, 3.63) is 24.3 Å². The summed E-state index contributed by atoms with van der Waals surface area (Å²) in [5.74, 6) is 0.255. The van der Waals surface area contributed by atoms with E-state index in [1.807, 2.05) is 0 Å². The van der Waals surface area contributed by atoms with Crippen molar-refractivity contribution in [3.63, 3.8) is 0 Å². The molecule has 9 heteroatoms. The molecule has 0 aromatic heterocycles. The number of nitrogens with zero attached hydrogens (tertiary/aromatic N) is 1. The highest BCUT2D eigenvalue weighted by molar-refractivity contribution is 7.80. The number of amides is 1. The van der Waals surface area contributed by atoms with Crippen LogP contribution < -0.4 is 10.2 Å². The molecule has 0 aromatic rings. The molecule has 1 fully saturated rings. The number of quaternary nitrogens is 1. The fraction of sp³-hybridized carbons (Fsp3) is 0.886. The van der Waals surface area contributed by atoms with Crippen molar-refractivity contribution in [1.82, 2.24) is 10.2 Å². The van der Waals surface area contributed by atoms with Gasteiger partial charge in [-0.1, -0.05) is 141 Å². The molecule has 1 saturated heterocycles. The summed E-state index contributed by atoms with van der Waals surface area (Å²) in [6.45, 7) is 13.7. The van der Waals surface area contributed by atoms with E-state index < -0.39 is 10.4 Å². The van der Waals surface area contributed by atoms with Crippen molar-refractivity contribution in [2.24, 2.45) is 0 Å². The number of hydrogen-bond donors (Lipinski definition) is 2. The third-order valence-electron chi connectivity index (χ3n) is 10.5. The average molecular weight is 770 g/mol. The van der Waals surface area contributed by atoms with Gasteiger partial charge < -0.3 is 14.8 Å². The third kappa shape index (κ3) is 36.2. The second-order valence-electron chi connectivity index (χ2n) is 15.2. The average Bonchev–Trinajstić information content (AvgIpc) is 3.52. The first-order chi connectivity index (χ1) is 25.8. The van der Waals surface area contributed by atoms with Crippen molar-refractivity contribution < 1.29 is 26.8 Å². The second-order valence-corrected chi connectivity index (χ2v) is 16.2. The van der Waals surface area contributed by atoms with E-state index >= 15 is 0 Å². The molecule has 1 aliphatic heterocycles. The van der Waals surface area contributed by atoms with Gasteiger partial charge in [0.2, 0.25) is 16.3 Å². The molecule has 2 atom stereocenters. The number of hydrogen-bond acceptors (Lipinski definition) is 6. The molecule has 1 amide bonds. The van der Waals surface area contributed by atoms with Gasteiger partial charge in [-0.15, -0.1) is 0 Å². The summed E-state index contributed by atoms with van der Waals surface area (Å²) in [6.07, 6.45) is 47.0. The molecule has 1 heterocycles. The van der Waals surface area contributed by atoms with E-state index in [4.69, 9.17) is 0 Å². The van der Waals surface area contributed by atoms with Crippen molar-refractivity contribution in [2.45, 2.75) is 214 Å². The van der Waals surface area contributed by atoms with Crippen molar-refractivity contribution in [2.75, 3.05) is 39.3 Å². The van der Waals surface area contributed by atoms with Crippen LogP contribution in [0.3, 0.4) is 0 Å². The van der Waals surface area contributed by atoms with Gasteiger partial charge in [-0.25, -0.2) is 13.3 Å². The standard InChI is InChI=1S/C42H81N3O.C2H6O4S/c1-4-7-9-11-13-15-17-19-21-23-25-27-29-31-33-35-41(46)43-37-38-45-40-39-44(6-3)42(45)36-34-32-30-28-26-24-22-20-18-16-14-12-10-8-5-2;1-2-6-7(3,4)5/h19-22,42H,4-18,23-40H2,1-3H3,(H,43,46);2H2,1H3,(H,3,4,5)/b21-19-,22-20+;. The minimum absolute atomic E-state index is 0.0914. The van der Waals surface area contributed by atoms with E-state index in [1.165, 1.54) is 193 Å². The van der Waals surface area contributed by atoms with E-state index in [1.54, 1.807) is 4.90 Å². The smallest absolute Gasteiger partial charge is 0.220 e. The highest BCUT2D eigenvalue weighted by atomic mass is 32.3. The highest BCUT2D eigenvalue weighted by Gasteiger charge is 2.33. The fourth-order valence-corrected chi connectivity index (χ4v) is 7.56. The molecule has 314 valence electrons. The molecule has 0 spiro atoms. The first-order valence-electron chi connectivity index (χ1n) is 22.5. The quantitative estimate of drug-likeness (QED) is 0.0285. The molecule has 0 aromatic carbocycles. The summed E-state index contributed by atoms with van der Waals surface area (Å²) >= 11 is 0. The molecule has 2 N–H and O–H groups in total. The van der Waals surface area contributed by atoms with E-state index in [9.17, 15) is 17.8 Å². The normalized spacial score (nSPS) is 16.5. The maximum Gasteiger partial charge on any atom is 0.220 e. The Labute approximate surface area is 329 Å². The Balaban J connectivity index is 0.00000348. The SMILES string of the molecule is CCCCCCCC/C=C\CCCCCCCC(=O)NCCN1CC[NH+](CC)C1CCCCCCC/C=C/CCCCCCCC.CCOS(=O)(=O)[O-]. The van der Waals surface area contributed by atoms with Gasteiger partial charge in [-0.2, -0.15) is 0 Å². The second kappa shape index (κ2) is 39.0. The van der Waals surface area contributed by atoms with Crippen LogP contribution >= 0.6 is 0 Å². The van der Waals surface area contributed by atoms with E-state index in [2.05, 4.69) is 59.5 Å². The van der Waals surface area contributed by atoms with Gasteiger partial charge in [0.1, 0.15) is 6.17 Å². The van der Waals surface area contributed by atoms with Crippen molar-refractivity contribution >= 4 is 16.3 Å². The number of allylic oxidation sites excluding steroid dienone is 4. The monoisotopic (exact) mass is 770 g/mol. The van der Waals surface area contributed by atoms with Gasteiger partial charge in [0.15, 0.2) is 0 Å². The number of rotatable bonds is 36. The van der Waals surface area contributed by atoms with Crippen LogP contribution in [0.25, 0.3) is 0 Å². The number of carbonyl (C=O) groups is 1. The lowest BCUT2D eigenvalue weighted by Gasteiger charge is -2.26. The van der Waals surface area contributed by atoms with E-state index in [0.29, 0.717) is 12.6 Å². The number of unbranched alkanes of at least 4 members (excludes halogenated alkanes) is 22. The van der Waals surface area contributed by atoms with Gasteiger partial charge in [-0.05, 0) is 78.1 Å². The van der Waals surface area contributed by atoms with Gasteiger partial charge >= 0.3 is 0 Å². The summed E-state index contributed by atoms with van der Waals surface area (Å²) in [5.41, 5.74) is 0. The summed E-state index contributed by atoms with van der Waals surface area (Å²) in [7, 11) is -4.42. The van der Waals surface area contributed by atoms with Crippen LogP contribution in [0.1, 0.15) is 207 Å². The molecule has 0 radical (unpaired) electrons. The zero-order valence-corrected chi connectivity index (χ0v) is 36.1. The molecule has 0 bridgehead atoms. The molecule has 2 unspecified atom stereocenters. The zero-order valence-electron chi connectivity index (χ0n) is 35.3. The maximum atomic E-state index is 12.4.